The summed E-state index contributed by atoms with van der Waals surface area (Å²) in [6, 6.07) is -1.06. The molecule has 2 unspecified atom stereocenters. The van der Waals surface area contributed by atoms with Crippen LogP contribution in [0.5, 0.6) is 0 Å². The van der Waals surface area contributed by atoms with Crippen molar-refractivity contribution in [3.63, 3.8) is 0 Å². The van der Waals surface area contributed by atoms with E-state index < -0.39 is 65.1 Å². The van der Waals surface area contributed by atoms with E-state index in [1.807, 2.05) is 0 Å². The number of carbonyl (C=O) groups is 5. The number of likely N-dealkylation sites (tertiary alicyclic amines) is 1. The molecule has 0 spiro atoms. The first-order valence-corrected chi connectivity index (χ1v) is 9.66. The van der Waals surface area contributed by atoms with Crippen molar-refractivity contribution in [3.8, 4) is 0 Å². The molecule has 0 aromatic carbocycles. The second-order valence-electron chi connectivity index (χ2n) is 6.20. The molecule has 13 heteroatoms. The van der Waals surface area contributed by atoms with Crippen molar-refractivity contribution in [1.29, 1.82) is 0 Å². The maximum Gasteiger partial charge on any atom is 0.410 e. The second kappa shape index (κ2) is 7.96. The number of hydrogen-bond donors (Lipinski definition) is 2. The van der Waals surface area contributed by atoms with Crippen molar-refractivity contribution in [2.45, 2.75) is 17.8 Å². The third-order valence-electron chi connectivity index (χ3n) is 4.49. The van der Waals surface area contributed by atoms with Gasteiger partial charge in [-0.25, -0.2) is 14.4 Å². The van der Waals surface area contributed by atoms with Crippen LogP contribution in [0.2, 0.25) is 0 Å². The zero-order valence-electron chi connectivity index (χ0n) is 14.5. The summed E-state index contributed by atoms with van der Waals surface area (Å²) in [4.78, 5) is 59.8. The Kier molecular flexibility index (Phi) is 5.63. The molecule has 0 saturated carbocycles. The van der Waals surface area contributed by atoms with Gasteiger partial charge in [-0.3, -0.25) is 18.7 Å². The Bertz CT molecular complexity index is 792. The van der Waals surface area contributed by atoms with Crippen LogP contribution in [-0.4, -0.2) is 92.9 Å². The smallest absolute Gasteiger partial charge is 0.410 e. The fourth-order valence-electron chi connectivity index (χ4n) is 2.98. The lowest BCUT2D eigenvalue weighted by Gasteiger charge is -2.48. The van der Waals surface area contributed by atoms with Crippen LogP contribution < -0.4 is 5.32 Å². The van der Waals surface area contributed by atoms with E-state index in [2.05, 4.69) is 5.32 Å². The van der Waals surface area contributed by atoms with Gasteiger partial charge in [0.05, 0.1) is 16.6 Å². The van der Waals surface area contributed by atoms with E-state index in [4.69, 9.17) is 9.47 Å². The fraction of sp³-hybridized carbons (Fsp3) is 0.533. The van der Waals surface area contributed by atoms with Gasteiger partial charge in [-0.2, -0.15) is 0 Å². The summed E-state index contributed by atoms with van der Waals surface area (Å²) >= 11 is 0. The molecular formula is C15H17N3O9S. The van der Waals surface area contributed by atoms with Gasteiger partial charge in [0.15, 0.2) is 6.61 Å². The summed E-state index contributed by atoms with van der Waals surface area (Å²) < 4.78 is 22.0. The number of carboxylic acid groups (broad SMARTS) is 1. The number of esters is 1. The SMILES string of the molecule is O=CNC1C(=O)N2C(C(=O)O)=C(COC(=O)COC(=O)N3CCC3)CS(=O)[C@H]12. The lowest BCUT2D eigenvalue weighted by atomic mass is 10.0. The molecule has 3 aliphatic heterocycles. The highest BCUT2D eigenvalue weighted by molar-refractivity contribution is 7.86. The van der Waals surface area contributed by atoms with E-state index in [1.165, 1.54) is 4.90 Å². The molecular weight excluding hydrogens is 398 g/mol. The number of ether oxygens (including phenoxy) is 2. The summed E-state index contributed by atoms with van der Waals surface area (Å²) in [6.07, 6.45) is 0.498. The molecule has 3 atom stereocenters. The van der Waals surface area contributed by atoms with Crippen LogP contribution >= 0.6 is 0 Å². The summed E-state index contributed by atoms with van der Waals surface area (Å²) in [5.74, 6) is -3.31. The fourth-order valence-corrected chi connectivity index (χ4v) is 4.66. The second-order valence-corrected chi connectivity index (χ2v) is 7.73. The number of hydrogen-bond acceptors (Lipinski definition) is 8. The van der Waals surface area contributed by atoms with Gasteiger partial charge < -0.3 is 24.8 Å². The Morgan fingerprint density at radius 3 is 2.57 bits per heavy atom. The Morgan fingerprint density at radius 1 is 1.29 bits per heavy atom. The van der Waals surface area contributed by atoms with Crippen molar-refractivity contribution >= 4 is 41.1 Å². The molecule has 2 N–H and O–H groups in total. The lowest BCUT2D eigenvalue weighted by Crippen LogP contribution is -2.72. The van der Waals surface area contributed by atoms with Gasteiger partial charge in [0.2, 0.25) is 6.41 Å². The zero-order chi connectivity index (χ0) is 20.4. The maximum absolute atomic E-state index is 12.4. The molecule has 12 nitrogen and oxygen atoms in total. The number of carboxylic acids is 1. The highest BCUT2D eigenvalue weighted by Gasteiger charge is 2.56. The van der Waals surface area contributed by atoms with Crippen LogP contribution in [-0.2, 0) is 39.5 Å². The first kappa shape index (κ1) is 19.8. The topological polar surface area (TPSA) is 160 Å². The summed E-state index contributed by atoms with van der Waals surface area (Å²) in [7, 11) is -1.69. The van der Waals surface area contributed by atoms with Gasteiger partial charge in [-0.15, -0.1) is 0 Å². The highest BCUT2D eigenvalue weighted by atomic mass is 32.2. The van der Waals surface area contributed by atoms with Crippen LogP contribution in [0, 0.1) is 0 Å². The van der Waals surface area contributed by atoms with E-state index in [1.54, 1.807) is 0 Å². The summed E-state index contributed by atoms with van der Waals surface area (Å²) in [6.45, 7) is -0.0560. The van der Waals surface area contributed by atoms with Crippen LogP contribution in [0.1, 0.15) is 6.42 Å². The number of nitrogens with zero attached hydrogens (tertiary/aromatic N) is 2. The monoisotopic (exact) mass is 415 g/mol. The maximum atomic E-state index is 12.4. The number of carbonyl (C=O) groups excluding carboxylic acids is 4. The lowest BCUT2D eigenvalue weighted by molar-refractivity contribution is -0.150. The third-order valence-corrected chi connectivity index (χ3v) is 6.14. The van der Waals surface area contributed by atoms with E-state index >= 15 is 0 Å². The first-order valence-electron chi connectivity index (χ1n) is 8.27. The summed E-state index contributed by atoms with van der Waals surface area (Å²) in [5, 5.41) is 10.7. The Hall–Kier alpha value is -2.96. The van der Waals surface area contributed by atoms with Gasteiger partial charge in [-0.05, 0) is 6.42 Å². The molecule has 0 aliphatic carbocycles. The normalized spacial score (nSPS) is 25.9. The average molecular weight is 415 g/mol. The molecule has 28 heavy (non-hydrogen) atoms. The van der Waals surface area contributed by atoms with Crippen molar-refractivity contribution < 1.29 is 42.8 Å². The Balaban J connectivity index is 1.63. The number of amides is 3. The molecule has 2 saturated heterocycles. The zero-order valence-corrected chi connectivity index (χ0v) is 15.3. The average Bonchev–Trinajstić information content (AvgIpc) is 2.60. The van der Waals surface area contributed by atoms with Crippen LogP contribution in [0.15, 0.2) is 11.3 Å². The number of rotatable bonds is 7. The van der Waals surface area contributed by atoms with Crippen LogP contribution in [0.3, 0.4) is 0 Å². The van der Waals surface area contributed by atoms with E-state index in [0.717, 1.165) is 11.3 Å². The van der Waals surface area contributed by atoms with Gasteiger partial charge in [0, 0.05) is 18.7 Å². The van der Waals surface area contributed by atoms with Crippen molar-refractivity contribution in [2.24, 2.45) is 0 Å². The largest absolute Gasteiger partial charge is 0.477 e. The molecule has 3 rings (SSSR count). The molecule has 0 aromatic rings. The predicted molar refractivity (Wildman–Crippen MR) is 89.8 cm³/mol. The van der Waals surface area contributed by atoms with Gasteiger partial charge in [0.25, 0.3) is 5.91 Å². The molecule has 3 aliphatic rings. The third kappa shape index (κ3) is 3.56. The molecule has 0 bridgehead atoms. The molecule has 0 aromatic heterocycles. The van der Waals surface area contributed by atoms with E-state index in [0.29, 0.717) is 13.1 Å². The van der Waals surface area contributed by atoms with Crippen LogP contribution in [0.4, 0.5) is 4.79 Å². The van der Waals surface area contributed by atoms with Gasteiger partial charge in [0.1, 0.15) is 23.7 Å². The van der Waals surface area contributed by atoms with Gasteiger partial charge in [-0.1, -0.05) is 0 Å². The minimum absolute atomic E-state index is 0.0117. The molecule has 2 fully saturated rings. The molecule has 0 radical (unpaired) electrons. The Labute approximate surface area is 160 Å². The van der Waals surface area contributed by atoms with Crippen molar-refractivity contribution in [3.05, 3.63) is 11.3 Å². The minimum Gasteiger partial charge on any atom is -0.477 e. The highest BCUT2D eigenvalue weighted by Crippen LogP contribution is 2.34. The molecule has 3 amide bonds. The van der Waals surface area contributed by atoms with Crippen molar-refractivity contribution in [2.75, 3.05) is 32.1 Å². The number of β-lactam (4-membered cyclic amide) rings is 1. The van der Waals surface area contributed by atoms with E-state index in [-0.39, 0.29) is 17.7 Å². The number of fused-ring (bicyclic) bond motifs is 1. The van der Waals surface area contributed by atoms with Gasteiger partial charge >= 0.3 is 18.0 Å². The number of nitrogens with one attached hydrogen (secondary N) is 1. The quantitative estimate of drug-likeness (QED) is 0.266. The van der Waals surface area contributed by atoms with E-state index in [9.17, 15) is 33.3 Å². The molecule has 3 heterocycles. The Morgan fingerprint density at radius 2 is 2.00 bits per heavy atom. The minimum atomic E-state index is -1.69. The summed E-state index contributed by atoms with van der Waals surface area (Å²) in [5.41, 5.74) is -0.439. The first-order chi connectivity index (χ1) is 13.3. The number of aliphatic carboxylic acids is 1. The molecule has 152 valence electrons. The van der Waals surface area contributed by atoms with Crippen molar-refractivity contribution in [1.82, 2.24) is 15.1 Å². The standard InChI is InChI=1S/C15H17N3O9S/c19-7-16-10-12(21)18-11(14(22)23)8(6-28(25)13(10)18)4-26-9(20)5-27-15(24)17-2-1-3-17/h7,10,13H,1-6H2,(H,16,19)(H,22,23)/t10?,13-,28?/m1/s1. The predicted octanol–water partition coefficient (Wildman–Crippen LogP) is -2.24. The van der Waals surface area contributed by atoms with Crippen LogP contribution in [0.25, 0.3) is 0 Å².